The van der Waals surface area contributed by atoms with E-state index in [4.69, 9.17) is 9.47 Å². The molecule has 1 aliphatic heterocycles. The van der Waals surface area contributed by atoms with Crippen LogP contribution in [0.4, 0.5) is 4.39 Å². The highest BCUT2D eigenvalue weighted by atomic mass is 19.1. The van der Waals surface area contributed by atoms with Crippen molar-refractivity contribution < 1.29 is 18.7 Å². The van der Waals surface area contributed by atoms with Crippen LogP contribution in [0.15, 0.2) is 24.3 Å². The lowest BCUT2D eigenvalue weighted by Gasteiger charge is -2.24. The van der Waals surface area contributed by atoms with E-state index in [2.05, 4.69) is 5.32 Å². The predicted octanol–water partition coefficient (Wildman–Crippen LogP) is 2.98. The Hall–Kier alpha value is -1.46. The number of carbonyl (C=O) groups is 1. The first-order chi connectivity index (χ1) is 10.6. The molecule has 0 bridgehead atoms. The third kappa shape index (κ3) is 5.07. The minimum absolute atomic E-state index is 0.0959. The lowest BCUT2D eigenvalue weighted by Crippen LogP contribution is -2.38. The molecule has 3 atom stereocenters. The van der Waals surface area contributed by atoms with Gasteiger partial charge in [0.25, 0.3) is 0 Å². The second-order valence-electron chi connectivity index (χ2n) is 5.75. The summed E-state index contributed by atoms with van der Waals surface area (Å²) in [6.07, 6.45) is 2.80. The van der Waals surface area contributed by atoms with Gasteiger partial charge in [-0.3, -0.25) is 4.79 Å². The van der Waals surface area contributed by atoms with Crippen LogP contribution in [-0.2, 0) is 14.3 Å². The number of ether oxygens (including phenoxy) is 2. The number of benzene rings is 1. The molecule has 0 aromatic heterocycles. The molecule has 0 saturated carbocycles. The number of rotatable bonds is 6. The molecule has 2 rings (SSSR count). The van der Waals surface area contributed by atoms with E-state index in [0.717, 1.165) is 31.4 Å². The van der Waals surface area contributed by atoms with Crippen molar-refractivity contribution in [3.8, 4) is 0 Å². The average molecular weight is 309 g/mol. The molecule has 22 heavy (non-hydrogen) atoms. The van der Waals surface area contributed by atoms with Crippen molar-refractivity contribution in [1.29, 1.82) is 0 Å². The minimum Gasteiger partial charge on any atom is -0.376 e. The molecule has 0 radical (unpaired) electrons. The maximum atomic E-state index is 12.9. The third-order valence-electron chi connectivity index (χ3n) is 3.90. The van der Waals surface area contributed by atoms with Crippen LogP contribution < -0.4 is 5.32 Å². The van der Waals surface area contributed by atoms with Gasteiger partial charge in [-0.15, -0.1) is 0 Å². The van der Waals surface area contributed by atoms with Crippen molar-refractivity contribution in [1.82, 2.24) is 5.32 Å². The van der Waals surface area contributed by atoms with E-state index in [1.807, 2.05) is 6.92 Å². The lowest BCUT2D eigenvalue weighted by molar-refractivity contribution is -0.136. The Morgan fingerprint density at radius 1 is 1.36 bits per heavy atom. The number of halogens is 1. The van der Waals surface area contributed by atoms with Gasteiger partial charge in [0.15, 0.2) is 0 Å². The largest absolute Gasteiger partial charge is 0.376 e. The fraction of sp³-hybridized carbons (Fsp3) is 0.588. The third-order valence-corrected chi connectivity index (χ3v) is 3.90. The van der Waals surface area contributed by atoms with Crippen molar-refractivity contribution in [2.75, 3.05) is 13.2 Å². The molecule has 1 N–H and O–H groups in total. The number of amides is 1. The maximum Gasteiger partial charge on any atom is 0.249 e. The molecule has 4 nitrogen and oxygen atoms in total. The number of hydrogen-bond donors (Lipinski definition) is 1. The van der Waals surface area contributed by atoms with Gasteiger partial charge >= 0.3 is 0 Å². The summed E-state index contributed by atoms with van der Waals surface area (Å²) in [4.78, 5) is 12.1. The highest BCUT2D eigenvalue weighted by Gasteiger charge is 2.20. The molecule has 1 amide bonds. The fourth-order valence-electron chi connectivity index (χ4n) is 2.43. The monoisotopic (exact) mass is 309 g/mol. The molecule has 122 valence electrons. The topological polar surface area (TPSA) is 47.6 Å². The Kier molecular flexibility index (Phi) is 6.34. The molecule has 1 saturated heterocycles. The van der Waals surface area contributed by atoms with Gasteiger partial charge in [0.1, 0.15) is 11.9 Å². The van der Waals surface area contributed by atoms with Crippen molar-refractivity contribution in [2.24, 2.45) is 0 Å². The van der Waals surface area contributed by atoms with Gasteiger partial charge < -0.3 is 14.8 Å². The summed E-state index contributed by atoms with van der Waals surface area (Å²) < 4.78 is 24.1. The van der Waals surface area contributed by atoms with Crippen LogP contribution in [0, 0.1) is 5.82 Å². The molecule has 0 spiro atoms. The molecule has 1 fully saturated rings. The first kappa shape index (κ1) is 16.9. The van der Waals surface area contributed by atoms with Crippen LogP contribution in [-0.4, -0.2) is 31.3 Å². The van der Waals surface area contributed by atoms with E-state index in [9.17, 15) is 9.18 Å². The van der Waals surface area contributed by atoms with E-state index in [1.165, 1.54) is 12.1 Å². The summed E-state index contributed by atoms with van der Waals surface area (Å²) in [6, 6.07) is 5.92. The van der Waals surface area contributed by atoms with Crippen LogP contribution in [0.25, 0.3) is 0 Å². The zero-order chi connectivity index (χ0) is 15.9. The van der Waals surface area contributed by atoms with Gasteiger partial charge in [0, 0.05) is 6.61 Å². The maximum absolute atomic E-state index is 12.9. The molecule has 1 aromatic rings. The summed E-state index contributed by atoms with van der Waals surface area (Å²) in [6.45, 7) is 4.81. The summed E-state index contributed by atoms with van der Waals surface area (Å²) in [5.41, 5.74) is 0.859. The van der Waals surface area contributed by atoms with Crippen LogP contribution >= 0.6 is 0 Å². The first-order valence-electron chi connectivity index (χ1n) is 7.85. The molecule has 5 heteroatoms. The number of nitrogens with one attached hydrogen (secondary N) is 1. The van der Waals surface area contributed by atoms with Crippen LogP contribution in [0.5, 0.6) is 0 Å². The molecule has 3 unspecified atom stereocenters. The Bertz CT molecular complexity index is 471. The predicted molar refractivity (Wildman–Crippen MR) is 82.0 cm³/mol. The Morgan fingerprint density at radius 2 is 2.09 bits per heavy atom. The van der Waals surface area contributed by atoms with Gasteiger partial charge in [-0.25, -0.2) is 4.39 Å². The summed E-state index contributed by atoms with van der Waals surface area (Å²) in [5.74, 6) is -0.459. The molecule has 1 aromatic carbocycles. The second kappa shape index (κ2) is 8.25. The highest BCUT2D eigenvalue weighted by molar-refractivity contribution is 5.80. The Balaban J connectivity index is 1.76. The SMILES string of the molecule is CC(OCC1CCCCO1)C(=O)NC(C)c1ccc(F)cc1. The highest BCUT2D eigenvalue weighted by Crippen LogP contribution is 2.15. The molecular formula is C17H24FNO3. The van der Waals surface area contributed by atoms with Crippen LogP contribution in [0.1, 0.15) is 44.7 Å². The standard InChI is InChI=1S/C17H24FNO3/c1-12(14-6-8-15(18)9-7-14)19-17(20)13(2)22-11-16-5-3-4-10-21-16/h6-9,12-13,16H,3-5,10-11H2,1-2H3,(H,19,20). The number of hydrogen-bond acceptors (Lipinski definition) is 3. The smallest absolute Gasteiger partial charge is 0.249 e. The van der Waals surface area contributed by atoms with Crippen LogP contribution in [0.3, 0.4) is 0 Å². The van der Waals surface area contributed by atoms with Crippen molar-refractivity contribution in [3.05, 3.63) is 35.6 Å². The minimum atomic E-state index is -0.534. The van der Waals surface area contributed by atoms with Gasteiger partial charge in [-0.2, -0.15) is 0 Å². The van der Waals surface area contributed by atoms with E-state index in [1.54, 1.807) is 19.1 Å². The average Bonchev–Trinajstić information content (AvgIpc) is 2.54. The van der Waals surface area contributed by atoms with Gasteiger partial charge in [0.05, 0.1) is 18.8 Å². The molecule has 1 heterocycles. The van der Waals surface area contributed by atoms with Gasteiger partial charge in [0.2, 0.25) is 5.91 Å². The molecule has 0 aliphatic carbocycles. The van der Waals surface area contributed by atoms with Crippen molar-refractivity contribution in [3.63, 3.8) is 0 Å². The fourth-order valence-corrected chi connectivity index (χ4v) is 2.43. The van der Waals surface area contributed by atoms with Gasteiger partial charge in [-0.05, 0) is 50.8 Å². The second-order valence-corrected chi connectivity index (χ2v) is 5.75. The van der Waals surface area contributed by atoms with Crippen LogP contribution in [0.2, 0.25) is 0 Å². The van der Waals surface area contributed by atoms with Crippen molar-refractivity contribution in [2.45, 2.75) is 51.4 Å². The Morgan fingerprint density at radius 3 is 2.73 bits per heavy atom. The summed E-state index contributed by atoms with van der Waals surface area (Å²) in [5, 5.41) is 2.88. The van der Waals surface area contributed by atoms with Gasteiger partial charge in [-0.1, -0.05) is 12.1 Å². The zero-order valence-electron chi connectivity index (χ0n) is 13.2. The lowest BCUT2D eigenvalue weighted by atomic mass is 10.1. The quantitative estimate of drug-likeness (QED) is 0.879. The first-order valence-corrected chi connectivity index (χ1v) is 7.85. The summed E-state index contributed by atoms with van der Waals surface area (Å²) in [7, 11) is 0. The Labute approximate surface area is 131 Å². The van der Waals surface area contributed by atoms with E-state index >= 15 is 0 Å². The van der Waals surface area contributed by atoms with Crippen molar-refractivity contribution >= 4 is 5.91 Å². The summed E-state index contributed by atoms with van der Waals surface area (Å²) >= 11 is 0. The van der Waals surface area contributed by atoms with E-state index < -0.39 is 6.10 Å². The zero-order valence-corrected chi connectivity index (χ0v) is 13.2. The van der Waals surface area contributed by atoms with E-state index in [0.29, 0.717) is 6.61 Å². The molecule has 1 aliphatic rings. The normalized spacial score (nSPS) is 21.1. The van der Waals surface area contributed by atoms with E-state index in [-0.39, 0.29) is 23.9 Å². The number of carbonyl (C=O) groups excluding carboxylic acids is 1. The molecular weight excluding hydrogens is 285 g/mol.